The smallest absolute Gasteiger partial charge is 0.308 e. The maximum atomic E-state index is 10.6. The Morgan fingerprint density at radius 1 is 1.61 bits per heavy atom. The fraction of sp³-hybridized carbons (Fsp3) is 0.667. The maximum absolute atomic E-state index is 10.6. The fourth-order valence-electron chi connectivity index (χ4n) is 2.31. The third-order valence-corrected chi connectivity index (χ3v) is 4.38. The number of hydrogen-bond acceptors (Lipinski definition) is 5. The van der Waals surface area contributed by atoms with Crippen LogP contribution in [-0.4, -0.2) is 35.5 Å². The quantitative estimate of drug-likeness (QED) is 0.658. The van der Waals surface area contributed by atoms with Crippen molar-refractivity contribution in [2.45, 2.75) is 32.4 Å². The third-order valence-electron chi connectivity index (χ3n) is 3.35. The minimum Gasteiger partial charge on any atom is -0.308 e. The lowest BCUT2D eigenvalue weighted by molar-refractivity contribution is -0.380. The van der Waals surface area contributed by atoms with Crippen LogP contribution in [0.1, 0.15) is 24.6 Å². The fourth-order valence-corrected chi connectivity index (χ4v) is 3.08. The van der Waals surface area contributed by atoms with Gasteiger partial charge in [-0.25, -0.2) is 0 Å². The molecule has 0 amide bonds. The van der Waals surface area contributed by atoms with Gasteiger partial charge in [-0.3, -0.25) is 10.1 Å². The Hall–Kier alpha value is -0.980. The van der Waals surface area contributed by atoms with E-state index in [0.29, 0.717) is 6.04 Å². The molecule has 0 saturated carbocycles. The Bertz CT molecular complexity index is 408. The molecule has 1 aromatic rings. The van der Waals surface area contributed by atoms with Gasteiger partial charge in [0.05, 0.1) is 4.92 Å². The summed E-state index contributed by atoms with van der Waals surface area (Å²) < 4.78 is 0. The maximum Gasteiger partial charge on any atom is 0.324 e. The molecule has 0 spiro atoms. The number of piperidine rings is 1. The lowest BCUT2D eigenvalue weighted by Gasteiger charge is -2.32. The van der Waals surface area contributed by atoms with Crippen molar-refractivity contribution < 1.29 is 4.92 Å². The zero-order valence-electron chi connectivity index (χ0n) is 10.6. The summed E-state index contributed by atoms with van der Waals surface area (Å²) in [5, 5.41) is 14.3. The number of rotatable bonds is 5. The molecule has 1 atom stereocenters. The second kappa shape index (κ2) is 6.26. The number of nitrogens with one attached hydrogen (secondary N) is 1. The van der Waals surface area contributed by atoms with Crippen LogP contribution in [0.15, 0.2) is 12.1 Å². The van der Waals surface area contributed by atoms with Gasteiger partial charge in [-0.2, -0.15) is 0 Å². The molecular weight excluding hydrogens is 250 g/mol. The molecule has 18 heavy (non-hydrogen) atoms. The van der Waals surface area contributed by atoms with Gasteiger partial charge < -0.3 is 10.2 Å². The van der Waals surface area contributed by atoms with E-state index < -0.39 is 0 Å². The Labute approximate surface area is 111 Å². The largest absolute Gasteiger partial charge is 0.324 e. The van der Waals surface area contributed by atoms with Crippen LogP contribution >= 0.6 is 11.3 Å². The number of likely N-dealkylation sites (tertiary alicyclic amines) is 1. The molecule has 1 aliphatic heterocycles. The van der Waals surface area contributed by atoms with E-state index in [1.54, 1.807) is 6.07 Å². The second-order valence-electron chi connectivity index (χ2n) is 4.61. The number of hydrogen-bond donors (Lipinski definition) is 1. The van der Waals surface area contributed by atoms with Crippen LogP contribution < -0.4 is 5.32 Å². The van der Waals surface area contributed by atoms with Crippen LogP contribution in [0.5, 0.6) is 0 Å². The predicted octanol–water partition coefficient (Wildman–Crippen LogP) is 2.23. The normalized spacial score (nSPS) is 21.1. The lowest BCUT2D eigenvalue weighted by Crippen LogP contribution is -2.45. The molecule has 1 aromatic heterocycles. The van der Waals surface area contributed by atoms with Gasteiger partial charge in [-0.1, -0.05) is 18.3 Å². The van der Waals surface area contributed by atoms with Crippen LogP contribution in [0.3, 0.4) is 0 Å². The van der Waals surface area contributed by atoms with Crippen molar-refractivity contribution in [1.29, 1.82) is 0 Å². The minimum atomic E-state index is -0.326. The van der Waals surface area contributed by atoms with Crippen molar-refractivity contribution in [3.05, 3.63) is 27.1 Å². The molecular formula is C12H19N3O2S. The molecule has 1 saturated heterocycles. The van der Waals surface area contributed by atoms with E-state index in [1.807, 2.05) is 6.07 Å². The van der Waals surface area contributed by atoms with Gasteiger partial charge in [-0.05, 0) is 32.0 Å². The van der Waals surface area contributed by atoms with Crippen LogP contribution in [0.4, 0.5) is 5.00 Å². The standard InChI is InChI=1S/C12H19N3O2S/c1-2-14-7-3-4-10(9-14)13-8-11-5-6-12(18-11)15(16)17/h5-6,10,13H,2-4,7-9H2,1H3. The Balaban J connectivity index is 1.81. The molecule has 1 unspecified atom stereocenters. The van der Waals surface area contributed by atoms with Crippen molar-refractivity contribution in [2.75, 3.05) is 19.6 Å². The molecule has 5 nitrogen and oxygen atoms in total. The first-order chi connectivity index (χ1) is 8.69. The SMILES string of the molecule is CCN1CCCC(NCc2ccc([N+](=O)[O-])s2)C1. The van der Waals surface area contributed by atoms with Gasteiger partial charge in [0.2, 0.25) is 0 Å². The zero-order chi connectivity index (χ0) is 13.0. The highest BCUT2D eigenvalue weighted by Gasteiger charge is 2.18. The highest BCUT2D eigenvalue weighted by atomic mass is 32.1. The summed E-state index contributed by atoms with van der Waals surface area (Å²) >= 11 is 1.26. The Morgan fingerprint density at radius 2 is 2.44 bits per heavy atom. The van der Waals surface area contributed by atoms with E-state index in [0.717, 1.165) is 24.5 Å². The topological polar surface area (TPSA) is 58.4 Å². The summed E-state index contributed by atoms with van der Waals surface area (Å²) in [6.45, 7) is 6.30. The van der Waals surface area contributed by atoms with Crippen molar-refractivity contribution in [3.63, 3.8) is 0 Å². The van der Waals surface area contributed by atoms with Crippen LogP contribution in [0.2, 0.25) is 0 Å². The summed E-state index contributed by atoms with van der Waals surface area (Å²) in [5.41, 5.74) is 0. The Morgan fingerprint density at radius 3 is 3.11 bits per heavy atom. The van der Waals surface area contributed by atoms with E-state index >= 15 is 0 Å². The first kappa shape index (κ1) is 13.5. The van der Waals surface area contributed by atoms with Crippen LogP contribution in [0, 0.1) is 10.1 Å². The molecule has 6 heteroatoms. The van der Waals surface area contributed by atoms with Crippen molar-refractivity contribution in [1.82, 2.24) is 10.2 Å². The molecule has 1 fully saturated rings. The molecule has 2 heterocycles. The zero-order valence-corrected chi connectivity index (χ0v) is 11.4. The highest BCUT2D eigenvalue weighted by Crippen LogP contribution is 2.24. The predicted molar refractivity (Wildman–Crippen MR) is 72.9 cm³/mol. The van der Waals surface area contributed by atoms with Crippen LogP contribution in [0.25, 0.3) is 0 Å². The summed E-state index contributed by atoms with van der Waals surface area (Å²) in [5.74, 6) is 0. The summed E-state index contributed by atoms with van der Waals surface area (Å²) in [4.78, 5) is 13.7. The van der Waals surface area contributed by atoms with Crippen LogP contribution in [-0.2, 0) is 6.54 Å². The summed E-state index contributed by atoms with van der Waals surface area (Å²) in [6.07, 6.45) is 2.43. The lowest BCUT2D eigenvalue weighted by atomic mass is 10.1. The van der Waals surface area contributed by atoms with Gasteiger partial charge >= 0.3 is 5.00 Å². The number of thiophene rings is 1. The molecule has 0 aliphatic carbocycles. The molecule has 100 valence electrons. The number of nitrogens with zero attached hydrogens (tertiary/aromatic N) is 2. The average Bonchev–Trinajstić information content (AvgIpc) is 2.85. The van der Waals surface area contributed by atoms with E-state index in [-0.39, 0.29) is 9.92 Å². The molecule has 0 bridgehead atoms. The second-order valence-corrected chi connectivity index (χ2v) is 5.76. The Kier molecular flexibility index (Phi) is 4.68. The number of likely N-dealkylation sites (N-methyl/N-ethyl adjacent to an activating group) is 1. The van der Waals surface area contributed by atoms with Crippen molar-refractivity contribution >= 4 is 16.3 Å². The van der Waals surface area contributed by atoms with E-state index in [9.17, 15) is 10.1 Å². The molecule has 1 aliphatic rings. The third kappa shape index (κ3) is 3.51. The van der Waals surface area contributed by atoms with Gasteiger partial charge in [0.1, 0.15) is 0 Å². The average molecular weight is 269 g/mol. The van der Waals surface area contributed by atoms with Gasteiger partial charge in [0.25, 0.3) is 0 Å². The first-order valence-electron chi connectivity index (χ1n) is 6.38. The molecule has 0 aromatic carbocycles. The minimum absolute atomic E-state index is 0.227. The van der Waals surface area contributed by atoms with Crippen molar-refractivity contribution in [2.24, 2.45) is 0 Å². The number of nitro groups is 1. The summed E-state index contributed by atoms with van der Waals surface area (Å²) in [7, 11) is 0. The highest BCUT2D eigenvalue weighted by molar-refractivity contribution is 7.15. The van der Waals surface area contributed by atoms with E-state index in [2.05, 4.69) is 17.1 Å². The molecule has 2 rings (SSSR count). The molecule has 0 radical (unpaired) electrons. The monoisotopic (exact) mass is 269 g/mol. The van der Waals surface area contributed by atoms with E-state index in [4.69, 9.17) is 0 Å². The first-order valence-corrected chi connectivity index (χ1v) is 7.19. The summed E-state index contributed by atoms with van der Waals surface area (Å²) in [6, 6.07) is 3.94. The van der Waals surface area contributed by atoms with Gasteiger partial charge in [0.15, 0.2) is 0 Å². The van der Waals surface area contributed by atoms with Gasteiger partial charge in [0, 0.05) is 30.1 Å². The molecule has 1 N–H and O–H groups in total. The van der Waals surface area contributed by atoms with Gasteiger partial charge in [-0.15, -0.1) is 0 Å². The van der Waals surface area contributed by atoms with Crippen molar-refractivity contribution in [3.8, 4) is 0 Å². The van der Waals surface area contributed by atoms with E-state index in [1.165, 1.54) is 30.7 Å².